The van der Waals surface area contributed by atoms with Gasteiger partial charge in [0.05, 0.1) is 5.56 Å². The predicted octanol–water partition coefficient (Wildman–Crippen LogP) is 2.95. The minimum Gasteiger partial charge on any atom is -0.404 e. The second-order valence-electron chi connectivity index (χ2n) is 4.00. The molecule has 1 aromatic rings. The zero-order valence-corrected chi connectivity index (χ0v) is 9.95. The molecule has 0 heterocycles. The van der Waals surface area contributed by atoms with Crippen LogP contribution in [0.4, 0.5) is 13.2 Å². The quantitative estimate of drug-likeness (QED) is 0.826. The molecule has 0 bridgehead atoms. The van der Waals surface area contributed by atoms with E-state index < -0.39 is 12.5 Å². The van der Waals surface area contributed by atoms with Gasteiger partial charge in [0.15, 0.2) is 0 Å². The van der Waals surface area contributed by atoms with E-state index in [0.717, 1.165) is 0 Å². The number of benzene rings is 1. The van der Waals surface area contributed by atoms with Crippen molar-refractivity contribution in [3.05, 3.63) is 29.8 Å². The van der Waals surface area contributed by atoms with Crippen molar-refractivity contribution >= 4 is 0 Å². The monoisotopic (exact) mass is 258 g/mol. The lowest BCUT2D eigenvalue weighted by Crippen LogP contribution is -2.17. The van der Waals surface area contributed by atoms with Gasteiger partial charge in [-0.1, -0.05) is 37.8 Å². The van der Waals surface area contributed by atoms with E-state index >= 15 is 0 Å². The number of para-hydroxylation sites is 1. The minimum atomic E-state index is -4.76. The number of hydrogen-bond donors (Lipinski definition) is 1. The van der Waals surface area contributed by atoms with Crippen LogP contribution < -0.4 is 4.74 Å². The van der Waals surface area contributed by atoms with Crippen LogP contribution in [0.25, 0.3) is 0 Å². The Morgan fingerprint density at radius 1 is 1.22 bits per heavy atom. The molecule has 98 valence electrons. The SMILES string of the molecule is CC(C)C(O)C#Cc1ccccc1OC(F)(F)F. The van der Waals surface area contributed by atoms with E-state index in [0.29, 0.717) is 0 Å². The number of alkyl halides is 3. The second-order valence-corrected chi connectivity index (χ2v) is 4.00. The van der Waals surface area contributed by atoms with Crippen molar-refractivity contribution < 1.29 is 23.0 Å². The van der Waals surface area contributed by atoms with Gasteiger partial charge in [0.1, 0.15) is 11.9 Å². The van der Waals surface area contributed by atoms with Gasteiger partial charge in [0.2, 0.25) is 0 Å². The van der Waals surface area contributed by atoms with Gasteiger partial charge in [-0.25, -0.2) is 0 Å². The fourth-order valence-corrected chi connectivity index (χ4v) is 1.10. The molecule has 0 amide bonds. The summed E-state index contributed by atoms with van der Waals surface area (Å²) < 4.78 is 40.2. The molecule has 0 saturated carbocycles. The fourth-order valence-electron chi connectivity index (χ4n) is 1.10. The Balaban J connectivity index is 2.96. The van der Waals surface area contributed by atoms with Gasteiger partial charge in [0.25, 0.3) is 0 Å². The van der Waals surface area contributed by atoms with E-state index in [1.54, 1.807) is 19.9 Å². The molecule has 0 aliphatic heterocycles. The van der Waals surface area contributed by atoms with Crippen molar-refractivity contribution in [3.63, 3.8) is 0 Å². The third kappa shape index (κ3) is 4.68. The molecule has 0 radical (unpaired) electrons. The first-order chi connectivity index (χ1) is 8.29. The molecule has 5 heteroatoms. The van der Waals surface area contributed by atoms with Crippen LogP contribution in [-0.4, -0.2) is 17.6 Å². The van der Waals surface area contributed by atoms with Crippen LogP contribution in [0.1, 0.15) is 19.4 Å². The average Bonchev–Trinajstić information content (AvgIpc) is 2.25. The highest BCUT2D eigenvalue weighted by molar-refractivity contribution is 5.46. The zero-order valence-electron chi connectivity index (χ0n) is 9.95. The minimum absolute atomic E-state index is 0.0896. The standard InChI is InChI=1S/C13H13F3O2/c1-9(2)11(17)8-7-10-5-3-4-6-12(10)18-13(14,15)16/h3-6,9,11,17H,1-2H3. The van der Waals surface area contributed by atoms with Gasteiger partial charge < -0.3 is 9.84 Å². The van der Waals surface area contributed by atoms with Crippen molar-refractivity contribution in [2.24, 2.45) is 5.92 Å². The molecule has 1 rings (SSSR count). The summed E-state index contributed by atoms with van der Waals surface area (Å²) in [6.45, 7) is 3.52. The van der Waals surface area contributed by atoms with Gasteiger partial charge in [-0.15, -0.1) is 13.2 Å². The van der Waals surface area contributed by atoms with Crippen molar-refractivity contribution in [3.8, 4) is 17.6 Å². The molecule has 0 aliphatic rings. The van der Waals surface area contributed by atoms with Crippen LogP contribution >= 0.6 is 0 Å². The summed E-state index contributed by atoms with van der Waals surface area (Å²) in [5, 5.41) is 9.47. The van der Waals surface area contributed by atoms with Crippen molar-refractivity contribution in [2.75, 3.05) is 0 Å². The number of rotatable bonds is 2. The Hall–Kier alpha value is -1.67. The molecule has 0 fully saturated rings. The molecule has 0 aliphatic carbocycles. The van der Waals surface area contributed by atoms with Crippen molar-refractivity contribution in [2.45, 2.75) is 26.3 Å². The molecule has 2 nitrogen and oxygen atoms in total. The summed E-state index contributed by atoms with van der Waals surface area (Å²) in [6.07, 6.45) is -5.64. The van der Waals surface area contributed by atoms with Crippen molar-refractivity contribution in [1.82, 2.24) is 0 Å². The molecular formula is C13H13F3O2. The van der Waals surface area contributed by atoms with Crippen LogP contribution in [0, 0.1) is 17.8 Å². The van der Waals surface area contributed by atoms with Gasteiger partial charge in [-0.2, -0.15) is 0 Å². The summed E-state index contributed by atoms with van der Waals surface area (Å²) in [5.74, 6) is 4.52. The van der Waals surface area contributed by atoms with Crippen LogP contribution in [0.15, 0.2) is 24.3 Å². The fraction of sp³-hybridized carbons (Fsp3) is 0.385. The maximum Gasteiger partial charge on any atom is 0.573 e. The summed E-state index contributed by atoms with van der Waals surface area (Å²) >= 11 is 0. The molecular weight excluding hydrogens is 245 g/mol. The maximum absolute atomic E-state index is 12.1. The van der Waals surface area contributed by atoms with Gasteiger partial charge in [-0.05, 0) is 18.1 Å². The summed E-state index contributed by atoms with van der Waals surface area (Å²) in [7, 11) is 0. The normalized spacial score (nSPS) is 12.8. The smallest absolute Gasteiger partial charge is 0.404 e. The van der Waals surface area contributed by atoms with E-state index in [1.807, 2.05) is 0 Å². The van der Waals surface area contributed by atoms with Crippen LogP contribution in [0.2, 0.25) is 0 Å². The lowest BCUT2D eigenvalue weighted by Gasteiger charge is -2.10. The third-order valence-electron chi connectivity index (χ3n) is 2.10. The van der Waals surface area contributed by atoms with Crippen LogP contribution in [0.5, 0.6) is 5.75 Å². The van der Waals surface area contributed by atoms with E-state index in [2.05, 4.69) is 16.6 Å². The van der Waals surface area contributed by atoms with E-state index in [-0.39, 0.29) is 17.2 Å². The highest BCUT2D eigenvalue weighted by Crippen LogP contribution is 2.25. The number of ether oxygens (including phenoxy) is 1. The summed E-state index contributed by atoms with van der Waals surface area (Å²) in [5.41, 5.74) is 0.0922. The van der Waals surface area contributed by atoms with Gasteiger partial charge in [-0.3, -0.25) is 0 Å². The summed E-state index contributed by atoms with van der Waals surface area (Å²) in [4.78, 5) is 0. The Labute approximate surface area is 103 Å². The molecule has 0 saturated heterocycles. The van der Waals surface area contributed by atoms with Crippen LogP contribution in [0.3, 0.4) is 0 Å². The lowest BCUT2D eigenvalue weighted by atomic mass is 10.1. The Morgan fingerprint density at radius 3 is 2.39 bits per heavy atom. The first kappa shape index (κ1) is 14.4. The molecule has 0 aromatic heterocycles. The molecule has 1 unspecified atom stereocenters. The maximum atomic E-state index is 12.1. The van der Waals surface area contributed by atoms with Gasteiger partial charge >= 0.3 is 6.36 Å². The number of halogens is 3. The Morgan fingerprint density at radius 2 is 1.83 bits per heavy atom. The molecule has 1 atom stereocenters. The number of aliphatic hydroxyl groups is 1. The molecule has 1 N–H and O–H groups in total. The lowest BCUT2D eigenvalue weighted by molar-refractivity contribution is -0.274. The second kappa shape index (κ2) is 5.78. The zero-order chi connectivity index (χ0) is 13.8. The predicted molar refractivity (Wildman–Crippen MR) is 60.8 cm³/mol. The average molecular weight is 258 g/mol. The largest absolute Gasteiger partial charge is 0.573 e. The number of hydrogen-bond acceptors (Lipinski definition) is 2. The van der Waals surface area contributed by atoms with E-state index in [1.165, 1.54) is 18.2 Å². The van der Waals surface area contributed by atoms with Crippen molar-refractivity contribution in [1.29, 1.82) is 0 Å². The molecule has 1 aromatic carbocycles. The van der Waals surface area contributed by atoms with E-state index in [4.69, 9.17) is 0 Å². The summed E-state index contributed by atoms with van der Waals surface area (Å²) in [6, 6.07) is 5.56. The highest BCUT2D eigenvalue weighted by atomic mass is 19.4. The van der Waals surface area contributed by atoms with E-state index in [9.17, 15) is 18.3 Å². The third-order valence-corrected chi connectivity index (χ3v) is 2.10. The highest BCUT2D eigenvalue weighted by Gasteiger charge is 2.31. The molecule has 18 heavy (non-hydrogen) atoms. The van der Waals surface area contributed by atoms with Crippen LogP contribution in [-0.2, 0) is 0 Å². The first-order valence-corrected chi connectivity index (χ1v) is 5.34. The van der Waals surface area contributed by atoms with Gasteiger partial charge in [0, 0.05) is 0 Å². The topological polar surface area (TPSA) is 29.5 Å². The Bertz CT molecular complexity index is 455. The Kier molecular flexibility index (Phi) is 4.62. The first-order valence-electron chi connectivity index (χ1n) is 5.34. The molecule has 0 spiro atoms. The number of aliphatic hydroxyl groups excluding tert-OH is 1.